The molecule has 3 rings (SSSR count). The zero-order valence-electron chi connectivity index (χ0n) is 20.2. The summed E-state index contributed by atoms with van der Waals surface area (Å²) in [5.74, 6) is 0.278. The zero-order valence-corrected chi connectivity index (χ0v) is 21.2. The highest BCUT2D eigenvalue weighted by Crippen LogP contribution is 2.46. The minimum atomic E-state index is -2.66. The smallest absolute Gasteiger partial charge is 0.261 e. The third kappa shape index (κ3) is 4.68. The maximum atomic E-state index is 11.2. The highest BCUT2D eigenvalue weighted by Gasteiger charge is 2.51. The highest BCUT2D eigenvalue weighted by molar-refractivity contribution is 6.99. The van der Waals surface area contributed by atoms with E-state index < -0.39 is 14.4 Å². The maximum Gasteiger partial charge on any atom is 0.261 e. The van der Waals surface area contributed by atoms with Crippen molar-refractivity contribution in [3.8, 4) is 0 Å². The van der Waals surface area contributed by atoms with Gasteiger partial charge in [-0.15, -0.1) is 0 Å². The molecule has 1 aliphatic carbocycles. The van der Waals surface area contributed by atoms with Crippen LogP contribution in [0.2, 0.25) is 5.04 Å². The fourth-order valence-corrected chi connectivity index (χ4v) is 9.88. The molecule has 0 bridgehead atoms. The van der Waals surface area contributed by atoms with Gasteiger partial charge in [-0.25, -0.2) is 0 Å². The molecule has 0 aromatic heterocycles. The number of carbonyl (C=O) groups excluding carboxylic acids is 1. The van der Waals surface area contributed by atoms with Crippen LogP contribution in [0.25, 0.3) is 0 Å². The van der Waals surface area contributed by atoms with Crippen LogP contribution in [0.15, 0.2) is 72.3 Å². The second-order valence-electron chi connectivity index (χ2n) is 10.5. The van der Waals surface area contributed by atoms with Gasteiger partial charge in [0.1, 0.15) is 6.29 Å². The van der Waals surface area contributed by atoms with Crippen molar-refractivity contribution in [3.05, 3.63) is 72.3 Å². The van der Waals surface area contributed by atoms with E-state index in [1.165, 1.54) is 10.4 Å². The molecule has 0 radical (unpaired) electrons. The van der Waals surface area contributed by atoms with Crippen LogP contribution in [0.5, 0.6) is 0 Å². The lowest BCUT2D eigenvalue weighted by atomic mass is 9.64. The Kier molecular flexibility index (Phi) is 7.59. The lowest BCUT2D eigenvalue weighted by Gasteiger charge is -2.46. The molecule has 3 nitrogen and oxygen atoms in total. The molecule has 2 aromatic carbocycles. The normalized spacial score (nSPS) is 24.1. The van der Waals surface area contributed by atoms with Crippen LogP contribution in [0.3, 0.4) is 0 Å². The zero-order chi connectivity index (χ0) is 23.4. The van der Waals surface area contributed by atoms with Crippen LogP contribution in [0, 0.1) is 11.3 Å². The van der Waals surface area contributed by atoms with Gasteiger partial charge < -0.3 is 14.3 Å². The van der Waals surface area contributed by atoms with Gasteiger partial charge in [0.05, 0.1) is 12.7 Å². The Morgan fingerprint density at radius 2 is 1.59 bits per heavy atom. The van der Waals surface area contributed by atoms with Crippen LogP contribution in [0.4, 0.5) is 0 Å². The van der Waals surface area contributed by atoms with E-state index in [-0.39, 0.29) is 16.4 Å². The van der Waals surface area contributed by atoms with Crippen molar-refractivity contribution in [1.82, 2.24) is 0 Å². The first-order chi connectivity index (χ1) is 15.1. The van der Waals surface area contributed by atoms with Crippen molar-refractivity contribution in [2.24, 2.45) is 11.3 Å². The SMILES string of the molecule is C[C@@H]1C[C@H](O)C=C(CO[Si](c2ccccc2)(c2ccccc2)C(C)(C)C)[C@@]1(C)CCC=O. The largest absolute Gasteiger partial charge is 0.403 e. The van der Waals surface area contributed by atoms with E-state index in [1.54, 1.807) is 0 Å². The van der Waals surface area contributed by atoms with E-state index in [0.29, 0.717) is 13.0 Å². The summed E-state index contributed by atoms with van der Waals surface area (Å²) in [5, 5.41) is 12.9. The number of aliphatic hydroxyl groups excluding tert-OH is 1. The van der Waals surface area contributed by atoms with Crippen molar-refractivity contribution in [3.63, 3.8) is 0 Å². The minimum absolute atomic E-state index is 0.103. The molecule has 0 fully saturated rings. The molecule has 0 spiro atoms. The predicted molar refractivity (Wildman–Crippen MR) is 135 cm³/mol. The second-order valence-corrected chi connectivity index (χ2v) is 14.8. The molecule has 2 aromatic rings. The van der Waals surface area contributed by atoms with Crippen LogP contribution < -0.4 is 10.4 Å². The highest BCUT2D eigenvalue weighted by atomic mass is 28.4. The first kappa shape index (κ1) is 24.6. The van der Waals surface area contributed by atoms with Crippen LogP contribution >= 0.6 is 0 Å². The van der Waals surface area contributed by atoms with Crippen molar-refractivity contribution in [2.45, 2.75) is 65.0 Å². The molecule has 0 amide bonds. The summed E-state index contributed by atoms with van der Waals surface area (Å²) in [6.07, 6.45) is 4.55. The number of rotatable bonds is 8. The molecule has 1 aliphatic rings. The summed E-state index contributed by atoms with van der Waals surface area (Å²) in [7, 11) is -2.66. The van der Waals surface area contributed by atoms with Gasteiger partial charge in [-0.2, -0.15) is 0 Å². The van der Waals surface area contributed by atoms with Gasteiger partial charge >= 0.3 is 0 Å². The van der Waals surface area contributed by atoms with Gasteiger partial charge in [0.15, 0.2) is 0 Å². The van der Waals surface area contributed by atoms with Crippen LogP contribution in [0.1, 0.15) is 53.9 Å². The third-order valence-corrected chi connectivity index (χ3v) is 12.4. The van der Waals surface area contributed by atoms with E-state index >= 15 is 0 Å². The fourth-order valence-electron chi connectivity index (χ4n) is 5.36. The minimum Gasteiger partial charge on any atom is -0.403 e. The van der Waals surface area contributed by atoms with Gasteiger partial charge in [0.2, 0.25) is 0 Å². The van der Waals surface area contributed by atoms with Gasteiger partial charge in [0, 0.05) is 6.42 Å². The van der Waals surface area contributed by atoms with E-state index in [4.69, 9.17) is 4.43 Å². The number of carbonyl (C=O) groups is 1. The van der Waals surface area contributed by atoms with E-state index in [1.807, 2.05) is 6.08 Å². The number of aliphatic hydroxyl groups is 1. The average molecular weight is 451 g/mol. The Hall–Kier alpha value is -2.01. The molecule has 3 atom stereocenters. The third-order valence-electron chi connectivity index (χ3n) is 7.45. The van der Waals surface area contributed by atoms with Crippen molar-refractivity contribution < 1.29 is 14.3 Å². The molecule has 0 saturated heterocycles. The van der Waals surface area contributed by atoms with Gasteiger partial charge in [-0.05, 0) is 45.2 Å². The Balaban J connectivity index is 2.08. The number of benzene rings is 2. The Morgan fingerprint density at radius 3 is 2.06 bits per heavy atom. The monoisotopic (exact) mass is 450 g/mol. The Bertz CT molecular complexity index is 877. The average Bonchev–Trinajstić information content (AvgIpc) is 2.76. The summed E-state index contributed by atoms with van der Waals surface area (Å²) in [5.41, 5.74) is 0.963. The summed E-state index contributed by atoms with van der Waals surface area (Å²) >= 11 is 0. The van der Waals surface area contributed by atoms with Crippen LogP contribution in [-0.4, -0.2) is 32.4 Å². The maximum absolute atomic E-state index is 11.2. The molecule has 0 aliphatic heterocycles. The molecular formula is C28H38O3Si. The van der Waals surface area contributed by atoms with Crippen molar-refractivity contribution in [2.75, 3.05) is 6.61 Å². The standard InChI is InChI=1S/C28H38O3Si/c1-22-19-24(30)20-23(28(22,5)17-12-18-29)21-31-32(27(2,3)4,25-13-8-6-9-14-25)26-15-10-7-11-16-26/h6-11,13-16,18,20,22,24,30H,12,17,19,21H2,1-5H3/t22-,24+,28+/m1/s1. The van der Waals surface area contributed by atoms with E-state index in [2.05, 4.69) is 95.3 Å². The van der Waals surface area contributed by atoms with E-state index in [9.17, 15) is 9.90 Å². The van der Waals surface area contributed by atoms with Gasteiger partial charge in [-0.1, -0.05) is 101 Å². The Labute approximate surface area is 194 Å². The number of aldehydes is 1. The first-order valence-electron chi connectivity index (χ1n) is 11.7. The van der Waals surface area contributed by atoms with E-state index in [0.717, 1.165) is 24.7 Å². The predicted octanol–water partition coefficient (Wildman–Crippen LogP) is 4.88. The molecule has 32 heavy (non-hydrogen) atoms. The molecule has 4 heteroatoms. The first-order valence-corrected chi connectivity index (χ1v) is 13.6. The summed E-state index contributed by atoms with van der Waals surface area (Å²) in [6.45, 7) is 11.7. The molecule has 1 N–H and O–H groups in total. The lowest BCUT2D eigenvalue weighted by molar-refractivity contribution is -0.108. The summed E-state index contributed by atoms with van der Waals surface area (Å²) < 4.78 is 7.15. The number of hydrogen-bond acceptors (Lipinski definition) is 3. The quantitative estimate of drug-likeness (QED) is 0.354. The molecule has 0 heterocycles. The topological polar surface area (TPSA) is 46.5 Å². The number of hydrogen-bond donors (Lipinski definition) is 1. The van der Waals surface area contributed by atoms with Crippen molar-refractivity contribution in [1.29, 1.82) is 0 Å². The second kappa shape index (κ2) is 9.86. The molecular weight excluding hydrogens is 412 g/mol. The summed E-state index contributed by atoms with van der Waals surface area (Å²) in [4.78, 5) is 11.2. The molecule has 172 valence electrons. The molecule has 0 saturated carbocycles. The fraction of sp³-hybridized carbons (Fsp3) is 0.464. The summed E-state index contributed by atoms with van der Waals surface area (Å²) in [6, 6.07) is 21.3. The van der Waals surface area contributed by atoms with Crippen molar-refractivity contribution >= 4 is 25.0 Å². The van der Waals surface area contributed by atoms with Gasteiger partial charge in [0.25, 0.3) is 8.32 Å². The van der Waals surface area contributed by atoms with Gasteiger partial charge in [-0.3, -0.25) is 0 Å². The molecule has 0 unspecified atom stereocenters. The van der Waals surface area contributed by atoms with Crippen LogP contribution in [-0.2, 0) is 9.22 Å². The lowest BCUT2D eigenvalue weighted by Crippen LogP contribution is -2.66. The Morgan fingerprint density at radius 1 is 1.06 bits per heavy atom.